The van der Waals surface area contributed by atoms with Crippen molar-refractivity contribution in [1.29, 1.82) is 0 Å². The third kappa shape index (κ3) is 6.09. The smallest absolute Gasteiger partial charge is 0.309 e. The minimum absolute atomic E-state index is 0.131. The molecule has 0 unspecified atom stereocenters. The van der Waals surface area contributed by atoms with Gasteiger partial charge in [-0.3, -0.25) is 9.59 Å². The van der Waals surface area contributed by atoms with Gasteiger partial charge in [-0.25, -0.2) is 9.97 Å². The first-order valence-electron chi connectivity index (χ1n) is 12.0. The van der Waals surface area contributed by atoms with Gasteiger partial charge in [-0.15, -0.1) is 0 Å². The Morgan fingerprint density at radius 3 is 2.59 bits per heavy atom. The van der Waals surface area contributed by atoms with Crippen molar-refractivity contribution >= 4 is 29.5 Å². The van der Waals surface area contributed by atoms with E-state index in [9.17, 15) is 9.59 Å². The number of anilines is 1. The molecule has 184 valence electrons. The standard InChI is InChI=1S/C24H32N4O5S/c1-3-18-15-21(27-11-13-31-14-12-27)26-24(25-18)34-16-19-5-6-20(33-19)22(29)28-9-7-17(8-10-28)23(30)32-4-2/h5-6,15,17H,3-4,7-14,16H2,1-2H3. The molecule has 0 atom stereocenters. The number of morpholine rings is 1. The van der Waals surface area contributed by atoms with E-state index in [1.165, 1.54) is 11.8 Å². The van der Waals surface area contributed by atoms with Gasteiger partial charge in [0, 0.05) is 37.9 Å². The molecule has 4 rings (SSSR count). The Morgan fingerprint density at radius 1 is 1.12 bits per heavy atom. The number of furan rings is 1. The van der Waals surface area contributed by atoms with Gasteiger partial charge in [0.05, 0.1) is 31.5 Å². The molecule has 2 fully saturated rings. The first-order chi connectivity index (χ1) is 16.6. The first-order valence-corrected chi connectivity index (χ1v) is 12.9. The van der Waals surface area contributed by atoms with Crippen molar-refractivity contribution in [2.75, 3.05) is 50.9 Å². The summed E-state index contributed by atoms with van der Waals surface area (Å²) in [5, 5.41) is 0.700. The van der Waals surface area contributed by atoms with E-state index in [4.69, 9.17) is 18.9 Å². The number of carbonyl (C=O) groups excluding carboxylic acids is 2. The van der Waals surface area contributed by atoms with Crippen LogP contribution in [0.15, 0.2) is 27.8 Å². The van der Waals surface area contributed by atoms with Gasteiger partial charge in [-0.05, 0) is 38.3 Å². The van der Waals surface area contributed by atoms with E-state index in [0.717, 1.165) is 31.0 Å². The number of carbonyl (C=O) groups is 2. The van der Waals surface area contributed by atoms with Gasteiger partial charge in [0.1, 0.15) is 11.6 Å². The third-order valence-corrected chi connectivity index (χ3v) is 6.93. The van der Waals surface area contributed by atoms with Crippen LogP contribution in [0, 0.1) is 5.92 Å². The van der Waals surface area contributed by atoms with Crippen molar-refractivity contribution in [3.8, 4) is 0 Å². The first kappa shape index (κ1) is 24.5. The highest BCUT2D eigenvalue weighted by Gasteiger charge is 2.29. The molecule has 2 aliphatic heterocycles. The number of nitrogens with zero attached hydrogens (tertiary/aromatic N) is 4. The van der Waals surface area contributed by atoms with Crippen molar-refractivity contribution < 1.29 is 23.5 Å². The van der Waals surface area contributed by atoms with E-state index < -0.39 is 0 Å². The van der Waals surface area contributed by atoms with Crippen LogP contribution in [-0.4, -0.2) is 72.7 Å². The number of rotatable bonds is 8. The summed E-state index contributed by atoms with van der Waals surface area (Å²) in [5.74, 6) is 2.05. The van der Waals surface area contributed by atoms with Crippen LogP contribution in [0.4, 0.5) is 5.82 Å². The molecule has 10 heteroatoms. The number of likely N-dealkylation sites (tertiary alicyclic amines) is 1. The Kier molecular flexibility index (Phi) is 8.44. The van der Waals surface area contributed by atoms with Gasteiger partial charge in [-0.2, -0.15) is 0 Å². The number of aryl methyl sites for hydroxylation is 1. The summed E-state index contributed by atoms with van der Waals surface area (Å²) in [7, 11) is 0. The molecule has 0 aromatic carbocycles. The zero-order chi connectivity index (χ0) is 23.9. The number of amides is 1. The van der Waals surface area contributed by atoms with E-state index in [0.29, 0.717) is 68.2 Å². The van der Waals surface area contributed by atoms with E-state index >= 15 is 0 Å². The third-order valence-electron chi connectivity index (χ3n) is 6.06. The summed E-state index contributed by atoms with van der Waals surface area (Å²) in [6.45, 7) is 8.38. The van der Waals surface area contributed by atoms with Gasteiger partial charge in [0.25, 0.3) is 5.91 Å². The topological polar surface area (TPSA) is 98.0 Å². The van der Waals surface area contributed by atoms with Crippen molar-refractivity contribution in [3.05, 3.63) is 35.4 Å². The zero-order valence-corrected chi connectivity index (χ0v) is 20.6. The molecule has 2 aliphatic rings. The van der Waals surface area contributed by atoms with Crippen LogP contribution in [0.2, 0.25) is 0 Å². The van der Waals surface area contributed by atoms with E-state index in [1.807, 2.05) is 12.1 Å². The Bertz CT molecular complexity index is 983. The van der Waals surface area contributed by atoms with Gasteiger partial charge < -0.3 is 23.7 Å². The summed E-state index contributed by atoms with van der Waals surface area (Å²) < 4.78 is 16.4. The summed E-state index contributed by atoms with van der Waals surface area (Å²) in [4.78, 5) is 38.1. The second kappa shape index (κ2) is 11.7. The SMILES string of the molecule is CCOC(=O)C1CCN(C(=O)c2ccc(CSc3nc(CC)cc(N4CCOCC4)n3)o2)CC1. The lowest BCUT2D eigenvalue weighted by Gasteiger charge is -2.30. The molecule has 0 bridgehead atoms. The second-order valence-corrected chi connectivity index (χ2v) is 9.27. The predicted molar refractivity (Wildman–Crippen MR) is 128 cm³/mol. The van der Waals surface area contributed by atoms with E-state index in [2.05, 4.69) is 16.8 Å². The number of aromatic nitrogens is 2. The van der Waals surface area contributed by atoms with Gasteiger partial charge in [-0.1, -0.05) is 18.7 Å². The van der Waals surface area contributed by atoms with Crippen LogP contribution in [0.1, 0.15) is 48.7 Å². The minimum atomic E-state index is -0.168. The molecule has 2 saturated heterocycles. The predicted octanol–water partition coefficient (Wildman–Crippen LogP) is 3.18. The normalized spacial score (nSPS) is 17.1. The average molecular weight is 489 g/mol. The summed E-state index contributed by atoms with van der Waals surface area (Å²) in [6, 6.07) is 5.60. The largest absolute Gasteiger partial charge is 0.466 e. The molecule has 0 saturated carbocycles. The summed E-state index contributed by atoms with van der Waals surface area (Å²) in [6.07, 6.45) is 2.06. The van der Waals surface area contributed by atoms with E-state index in [1.54, 1.807) is 17.9 Å². The van der Waals surface area contributed by atoms with Crippen LogP contribution >= 0.6 is 11.8 Å². The molecule has 9 nitrogen and oxygen atoms in total. The van der Waals surface area contributed by atoms with Crippen molar-refractivity contribution in [2.24, 2.45) is 5.92 Å². The molecular weight excluding hydrogens is 456 g/mol. The number of thioether (sulfide) groups is 1. The maximum absolute atomic E-state index is 12.9. The fraction of sp³-hybridized carbons (Fsp3) is 0.583. The van der Waals surface area contributed by atoms with Gasteiger partial charge in [0.2, 0.25) is 0 Å². The molecule has 0 N–H and O–H groups in total. The van der Waals surface area contributed by atoms with Crippen molar-refractivity contribution in [1.82, 2.24) is 14.9 Å². The Morgan fingerprint density at radius 2 is 1.88 bits per heavy atom. The summed E-state index contributed by atoms with van der Waals surface area (Å²) >= 11 is 1.50. The lowest BCUT2D eigenvalue weighted by atomic mass is 9.97. The number of esters is 1. The van der Waals surface area contributed by atoms with Crippen LogP contribution in [0.3, 0.4) is 0 Å². The minimum Gasteiger partial charge on any atom is -0.466 e. The highest BCUT2D eigenvalue weighted by molar-refractivity contribution is 7.98. The number of hydrogen-bond donors (Lipinski definition) is 0. The maximum Gasteiger partial charge on any atom is 0.309 e. The lowest BCUT2D eigenvalue weighted by Crippen LogP contribution is -2.40. The van der Waals surface area contributed by atoms with E-state index in [-0.39, 0.29) is 17.8 Å². The number of hydrogen-bond acceptors (Lipinski definition) is 9. The van der Waals surface area contributed by atoms with Crippen LogP contribution in [-0.2, 0) is 26.4 Å². The molecule has 1 amide bonds. The molecule has 2 aromatic heterocycles. The lowest BCUT2D eigenvalue weighted by molar-refractivity contribution is -0.149. The molecule has 0 aliphatic carbocycles. The van der Waals surface area contributed by atoms with Crippen molar-refractivity contribution in [3.63, 3.8) is 0 Å². The van der Waals surface area contributed by atoms with Gasteiger partial charge >= 0.3 is 5.97 Å². The Balaban J connectivity index is 1.33. The average Bonchev–Trinajstić information content (AvgIpc) is 3.37. The Hall–Kier alpha value is -2.59. The quantitative estimate of drug-likeness (QED) is 0.315. The highest BCUT2D eigenvalue weighted by Crippen LogP contribution is 2.26. The molecular formula is C24H32N4O5S. The maximum atomic E-state index is 12.9. The fourth-order valence-corrected chi connectivity index (χ4v) is 4.87. The molecule has 0 spiro atoms. The molecule has 34 heavy (non-hydrogen) atoms. The molecule has 2 aromatic rings. The highest BCUT2D eigenvalue weighted by atomic mass is 32.2. The molecule has 0 radical (unpaired) electrons. The van der Waals surface area contributed by atoms with Gasteiger partial charge in [0.15, 0.2) is 10.9 Å². The van der Waals surface area contributed by atoms with Crippen LogP contribution < -0.4 is 4.90 Å². The summed E-state index contributed by atoms with van der Waals surface area (Å²) in [5.41, 5.74) is 1.00. The number of ether oxygens (including phenoxy) is 2. The van der Waals surface area contributed by atoms with Crippen LogP contribution in [0.25, 0.3) is 0 Å². The monoisotopic (exact) mass is 488 g/mol. The number of piperidine rings is 1. The fourth-order valence-electron chi connectivity index (χ4n) is 4.10. The van der Waals surface area contributed by atoms with Crippen molar-refractivity contribution in [2.45, 2.75) is 44.0 Å². The Labute approximate surface area is 204 Å². The van der Waals surface area contributed by atoms with Crippen LogP contribution in [0.5, 0.6) is 0 Å². The second-order valence-electron chi connectivity index (χ2n) is 8.33. The zero-order valence-electron chi connectivity index (χ0n) is 19.8. The molecule has 4 heterocycles.